The van der Waals surface area contributed by atoms with Crippen LogP contribution in [0.5, 0.6) is 11.5 Å². The number of rotatable bonds is 8. The number of nitrogens with one attached hydrogen (secondary N) is 1. The Labute approximate surface area is 162 Å². The maximum Gasteiger partial charge on any atom is 0.352 e. The largest absolute Gasteiger partial charge is 0.490 e. The van der Waals surface area contributed by atoms with E-state index in [1.807, 2.05) is 25.1 Å². The maximum atomic E-state index is 11.3. The van der Waals surface area contributed by atoms with Crippen molar-refractivity contribution in [2.24, 2.45) is 0 Å². The Morgan fingerprint density at radius 3 is 2.52 bits per heavy atom. The molecule has 0 saturated carbocycles. The normalized spacial score (nSPS) is 11.0. The van der Waals surface area contributed by atoms with Crippen molar-refractivity contribution in [3.63, 3.8) is 0 Å². The van der Waals surface area contributed by atoms with Crippen molar-refractivity contribution < 1.29 is 24.2 Å². The molecule has 0 radical (unpaired) electrons. The van der Waals surface area contributed by atoms with E-state index in [1.54, 1.807) is 24.3 Å². The SMILES string of the molecule is CCOc1cc(/C=C(/NC(C)=O)C(=O)O)ccc1OCc1ccccc1Cl. The van der Waals surface area contributed by atoms with Crippen LogP contribution in [0.15, 0.2) is 48.2 Å². The summed E-state index contributed by atoms with van der Waals surface area (Å²) in [6.07, 6.45) is 1.35. The van der Waals surface area contributed by atoms with Gasteiger partial charge in [0.15, 0.2) is 11.5 Å². The molecule has 2 aromatic carbocycles. The first-order chi connectivity index (χ1) is 12.9. The third-order valence-electron chi connectivity index (χ3n) is 3.46. The monoisotopic (exact) mass is 389 g/mol. The number of carbonyl (C=O) groups excluding carboxylic acids is 1. The number of benzene rings is 2. The van der Waals surface area contributed by atoms with Crippen molar-refractivity contribution in [1.82, 2.24) is 5.32 Å². The summed E-state index contributed by atoms with van der Waals surface area (Å²) in [6.45, 7) is 3.75. The summed E-state index contributed by atoms with van der Waals surface area (Å²) in [5.74, 6) is -0.730. The van der Waals surface area contributed by atoms with Gasteiger partial charge in [0.25, 0.3) is 0 Å². The lowest BCUT2D eigenvalue weighted by molar-refractivity contribution is -0.134. The van der Waals surface area contributed by atoms with Crippen LogP contribution < -0.4 is 14.8 Å². The third-order valence-corrected chi connectivity index (χ3v) is 3.83. The van der Waals surface area contributed by atoms with E-state index in [0.29, 0.717) is 28.7 Å². The van der Waals surface area contributed by atoms with Crippen LogP contribution in [0.25, 0.3) is 6.08 Å². The quantitative estimate of drug-likeness (QED) is 0.669. The van der Waals surface area contributed by atoms with Gasteiger partial charge in [-0.05, 0) is 36.8 Å². The number of halogens is 1. The van der Waals surface area contributed by atoms with Crippen LogP contribution in [-0.2, 0) is 16.2 Å². The maximum absolute atomic E-state index is 11.3. The summed E-state index contributed by atoms with van der Waals surface area (Å²) >= 11 is 6.14. The van der Waals surface area contributed by atoms with Crippen LogP contribution in [0, 0.1) is 0 Å². The predicted octanol–water partition coefficient (Wildman–Crippen LogP) is 3.88. The molecule has 2 N–H and O–H groups in total. The van der Waals surface area contributed by atoms with Crippen LogP contribution in [0.3, 0.4) is 0 Å². The molecule has 7 heteroatoms. The predicted molar refractivity (Wildman–Crippen MR) is 103 cm³/mol. The molecule has 0 bridgehead atoms. The highest BCUT2D eigenvalue weighted by Crippen LogP contribution is 2.30. The summed E-state index contributed by atoms with van der Waals surface area (Å²) in [4.78, 5) is 22.4. The molecule has 6 nitrogen and oxygen atoms in total. The van der Waals surface area contributed by atoms with E-state index in [2.05, 4.69) is 5.32 Å². The van der Waals surface area contributed by atoms with Gasteiger partial charge >= 0.3 is 5.97 Å². The van der Waals surface area contributed by atoms with E-state index in [0.717, 1.165) is 5.56 Å². The number of amides is 1. The zero-order valence-electron chi connectivity index (χ0n) is 15.0. The van der Waals surface area contributed by atoms with E-state index >= 15 is 0 Å². The lowest BCUT2D eigenvalue weighted by Crippen LogP contribution is -2.24. The molecule has 0 heterocycles. The second kappa shape index (κ2) is 9.64. The molecule has 27 heavy (non-hydrogen) atoms. The van der Waals surface area contributed by atoms with Gasteiger partial charge in [-0.1, -0.05) is 35.9 Å². The number of hydrogen-bond acceptors (Lipinski definition) is 4. The smallest absolute Gasteiger partial charge is 0.352 e. The summed E-state index contributed by atoms with van der Waals surface area (Å²) in [6, 6.07) is 12.4. The Kier molecular flexibility index (Phi) is 7.25. The summed E-state index contributed by atoms with van der Waals surface area (Å²) < 4.78 is 11.4. The summed E-state index contributed by atoms with van der Waals surface area (Å²) in [5.41, 5.74) is 1.16. The van der Waals surface area contributed by atoms with Gasteiger partial charge in [0.05, 0.1) is 6.61 Å². The number of carboxylic acid groups (broad SMARTS) is 1. The minimum absolute atomic E-state index is 0.227. The molecule has 0 aliphatic carbocycles. The second-order valence-electron chi connectivity index (χ2n) is 5.56. The van der Waals surface area contributed by atoms with Gasteiger partial charge in [0.2, 0.25) is 5.91 Å². The highest BCUT2D eigenvalue weighted by Gasteiger charge is 2.11. The van der Waals surface area contributed by atoms with E-state index in [1.165, 1.54) is 13.0 Å². The standard InChI is InChI=1S/C20H20ClNO5/c1-3-26-19-11-14(10-17(20(24)25)22-13(2)23)8-9-18(19)27-12-15-6-4-5-7-16(15)21/h4-11H,3,12H2,1-2H3,(H,22,23)(H,24,25)/b17-10+. The third kappa shape index (κ3) is 6.04. The molecule has 0 saturated heterocycles. The Morgan fingerprint density at radius 1 is 1.15 bits per heavy atom. The Bertz CT molecular complexity index is 863. The second-order valence-corrected chi connectivity index (χ2v) is 5.97. The fraction of sp³-hybridized carbons (Fsp3) is 0.200. The van der Waals surface area contributed by atoms with Gasteiger partial charge in [0, 0.05) is 17.5 Å². The molecule has 2 aromatic rings. The Morgan fingerprint density at radius 2 is 1.89 bits per heavy atom. The fourth-order valence-corrected chi connectivity index (χ4v) is 2.47. The van der Waals surface area contributed by atoms with Crippen molar-refractivity contribution in [3.8, 4) is 11.5 Å². The molecular weight excluding hydrogens is 370 g/mol. The van der Waals surface area contributed by atoms with E-state index in [9.17, 15) is 14.7 Å². The molecule has 0 aliphatic heterocycles. The van der Waals surface area contributed by atoms with E-state index < -0.39 is 11.9 Å². The van der Waals surface area contributed by atoms with Crippen molar-refractivity contribution in [3.05, 3.63) is 64.3 Å². The topological polar surface area (TPSA) is 84.9 Å². The van der Waals surface area contributed by atoms with Gasteiger partial charge in [0.1, 0.15) is 12.3 Å². The number of carbonyl (C=O) groups is 2. The van der Waals surface area contributed by atoms with Crippen molar-refractivity contribution >= 4 is 29.6 Å². The molecule has 0 spiro atoms. The molecule has 2 rings (SSSR count). The lowest BCUT2D eigenvalue weighted by atomic mass is 10.1. The van der Waals surface area contributed by atoms with Crippen LogP contribution >= 0.6 is 11.6 Å². The first-order valence-corrected chi connectivity index (χ1v) is 8.64. The molecule has 142 valence electrons. The van der Waals surface area contributed by atoms with Crippen LogP contribution in [0.1, 0.15) is 25.0 Å². The first-order valence-electron chi connectivity index (χ1n) is 8.26. The summed E-state index contributed by atoms with van der Waals surface area (Å²) in [5, 5.41) is 12.1. The molecule has 0 aromatic heterocycles. The molecule has 0 atom stereocenters. The van der Waals surface area contributed by atoms with Crippen molar-refractivity contribution in [2.75, 3.05) is 6.61 Å². The summed E-state index contributed by atoms with van der Waals surface area (Å²) in [7, 11) is 0. The van der Waals surface area contributed by atoms with Gasteiger partial charge in [-0.25, -0.2) is 4.79 Å². The van der Waals surface area contributed by atoms with Crippen molar-refractivity contribution in [2.45, 2.75) is 20.5 Å². The van der Waals surface area contributed by atoms with Gasteiger partial charge in [-0.2, -0.15) is 0 Å². The lowest BCUT2D eigenvalue weighted by Gasteiger charge is -2.13. The van der Waals surface area contributed by atoms with E-state index in [-0.39, 0.29) is 12.3 Å². The van der Waals surface area contributed by atoms with E-state index in [4.69, 9.17) is 21.1 Å². The number of ether oxygens (including phenoxy) is 2. The molecule has 1 amide bonds. The molecule has 0 fully saturated rings. The minimum atomic E-state index is -1.23. The van der Waals surface area contributed by atoms with Gasteiger partial charge in [-0.3, -0.25) is 4.79 Å². The Hall–Kier alpha value is -2.99. The minimum Gasteiger partial charge on any atom is -0.490 e. The zero-order valence-corrected chi connectivity index (χ0v) is 15.7. The van der Waals surface area contributed by atoms with Gasteiger partial charge < -0.3 is 19.9 Å². The first kappa shape index (κ1) is 20.3. The number of carboxylic acids is 1. The highest BCUT2D eigenvalue weighted by atomic mass is 35.5. The van der Waals surface area contributed by atoms with Crippen LogP contribution in [0.2, 0.25) is 5.02 Å². The van der Waals surface area contributed by atoms with Gasteiger partial charge in [-0.15, -0.1) is 0 Å². The molecule has 0 aliphatic rings. The average Bonchev–Trinajstić information content (AvgIpc) is 2.61. The van der Waals surface area contributed by atoms with Crippen LogP contribution in [-0.4, -0.2) is 23.6 Å². The zero-order chi connectivity index (χ0) is 19.8. The van der Waals surface area contributed by atoms with Crippen molar-refractivity contribution in [1.29, 1.82) is 0 Å². The molecular formula is C20H20ClNO5. The molecule has 0 unspecified atom stereocenters. The fourth-order valence-electron chi connectivity index (χ4n) is 2.28. The number of hydrogen-bond donors (Lipinski definition) is 2. The van der Waals surface area contributed by atoms with Crippen LogP contribution in [0.4, 0.5) is 0 Å². The average molecular weight is 390 g/mol. The highest BCUT2D eigenvalue weighted by molar-refractivity contribution is 6.31. The number of aliphatic carboxylic acids is 1. The Balaban J connectivity index is 2.26.